The Morgan fingerprint density at radius 3 is 2.57 bits per heavy atom. The molecule has 0 spiro atoms. The fourth-order valence-electron chi connectivity index (χ4n) is 1.62. The number of halogens is 1. The average Bonchev–Trinajstić information content (AvgIpc) is 2.16. The second-order valence-corrected chi connectivity index (χ2v) is 4.75. The van der Waals surface area contributed by atoms with Gasteiger partial charge in [-0.05, 0) is 29.9 Å². The highest BCUT2D eigenvalue weighted by Gasteiger charge is 2.05. The molecule has 14 heavy (non-hydrogen) atoms. The fourth-order valence-corrected chi connectivity index (χ4v) is 1.76. The van der Waals surface area contributed by atoms with E-state index in [-0.39, 0.29) is 5.38 Å². The van der Waals surface area contributed by atoms with Crippen LogP contribution in [0.4, 0.5) is 0 Å². The molecular weight excluding hydrogens is 192 g/mol. The van der Waals surface area contributed by atoms with Gasteiger partial charge in [-0.1, -0.05) is 45.0 Å². The van der Waals surface area contributed by atoms with Gasteiger partial charge in [0.2, 0.25) is 0 Å². The van der Waals surface area contributed by atoms with Crippen LogP contribution >= 0.6 is 11.6 Å². The van der Waals surface area contributed by atoms with Crippen LogP contribution in [0.5, 0.6) is 0 Å². The topological polar surface area (TPSA) is 0 Å². The van der Waals surface area contributed by atoms with Crippen LogP contribution < -0.4 is 0 Å². The van der Waals surface area contributed by atoms with Crippen molar-refractivity contribution < 1.29 is 0 Å². The van der Waals surface area contributed by atoms with E-state index < -0.39 is 0 Å². The molecule has 78 valence electrons. The van der Waals surface area contributed by atoms with E-state index in [0.29, 0.717) is 5.92 Å². The second kappa shape index (κ2) is 5.41. The van der Waals surface area contributed by atoms with Crippen LogP contribution in [0.2, 0.25) is 0 Å². The molecule has 0 bridgehead atoms. The number of rotatable bonds is 4. The lowest BCUT2D eigenvalue weighted by atomic mass is 9.99. The quantitative estimate of drug-likeness (QED) is 0.639. The minimum Gasteiger partial charge on any atom is -0.118 e. The van der Waals surface area contributed by atoms with Crippen molar-refractivity contribution >= 4 is 11.6 Å². The van der Waals surface area contributed by atoms with Crippen LogP contribution in [-0.4, -0.2) is 0 Å². The van der Waals surface area contributed by atoms with Crippen molar-refractivity contribution in [3.8, 4) is 0 Å². The summed E-state index contributed by atoms with van der Waals surface area (Å²) in [4.78, 5) is 0. The highest BCUT2D eigenvalue weighted by atomic mass is 35.5. The predicted molar refractivity (Wildman–Crippen MR) is 63.9 cm³/mol. The van der Waals surface area contributed by atoms with Gasteiger partial charge in [0.1, 0.15) is 0 Å². The molecule has 0 amide bonds. The van der Waals surface area contributed by atoms with E-state index in [9.17, 15) is 0 Å². The molecule has 1 aromatic rings. The second-order valence-electron chi connectivity index (χ2n) is 4.22. The van der Waals surface area contributed by atoms with Crippen LogP contribution in [-0.2, 0) is 6.42 Å². The molecule has 0 nitrogen and oxygen atoms in total. The van der Waals surface area contributed by atoms with Crippen LogP contribution in [0.25, 0.3) is 0 Å². The van der Waals surface area contributed by atoms with Crippen molar-refractivity contribution in [2.24, 2.45) is 5.92 Å². The Morgan fingerprint density at radius 2 is 2.00 bits per heavy atom. The van der Waals surface area contributed by atoms with Gasteiger partial charge in [-0.2, -0.15) is 0 Å². The van der Waals surface area contributed by atoms with E-state index in [1.54, 1.807) is 0 Å². The Hall–Kier alpha value is -0.490. The van der Waals surface area contributed by atoms with Gasteiger partial charge in [0.05, 0.1) is 5.38 Å². The Morgan fingerprint density at radius 1 is 1.29 bits per heavy atom. The molecule has 0 saturated carbocycles. The lowest BCUT2D eigenvalue weighted by Gasteiger charge is -2.10. The Labute approximate surface area is 92.3 Å². The van der Waals surface area contributed by atoms with Crippen molar-refractivity contribution in [2.75, 3.05) is 0 Å². The largest absolute Gasteiger partial charge is 0.118 e. The van der Waals surface area contributed by atoms with Crippen LogP contribution in [0, 0.1) is 5.92 Å². The molecule has 0 fully saturated rings. The predicted octanol–water partition coefficient (Wildman–Crippen LogP) is 4.58. The molecule has 1 heteroatoms. The third kappa shape index (κ3) is 3.34. The first-order valence-electron chi connectivity index (χ1n) is 5.36. The van der Waals surface area contributed by atoms with Crippen molar-refractivity contribution in [3.05, 3.63) is 35.4 Å². The minimum atomic E-state index is 0.169. The minimum absolute atomic E-state index is 0.169. The normalized spacial score (nSPS) is 13.2. The summed E-state index contributed by atoms with van der Waals surface area (Å²) in [5, 5.41) is 0.169. The van der Waals surface area contributed by atoms with Gasteiger partial charge < -0.3 is 0 Å². The maximum atomic E-state index is 6.20. The van der Waals surface area contributed by atoms with Crippen LogP contribution in [0.3, 0.4) is 0 Å². The van der Waals surface area contributed by atoms with E-state index in [2.05, 4.69) is 45.0 Å². The number of alkyl halides is 1. The summed E-state index contributed by atoms with van der Waals surface area (Å²) in [5.74, 6) is 0.709. The first-order chi connectivity index (χ1) is 6.63. The third-order valence-electron chi connectivity index (χ3n) is 2.32. The molecule has 0 heterocycles. The monoisotopic (exact) mass is 210 g/mol. The third-order valence-corrected chi connectivity index (χ3v) is 2.88. The molecular formula is C13H19Cl. The van der Waals surface area contributed by atoms with E-state index in [0.717, 1.165) is 12.8 Å². The van der Waals surface area contributed by atoms with E-state index in [1.807, 2.05) is 0 Å². The molecule has 0 aliphatic carbocycles. The number of hydrogen-bond donors (Lipinski definition) is 0. The fraction of sp³-hybridized carbons (Fsp3) is 0.538. The van der Waals surface area contributed by atoms with Crippen molar-refractivity contribution in [1.29, 1.82) is 0 Å². The van der Waals surface area contributed by atoms with Crippen LogP contribution in [0.1, 0.15) is 43.7 Å². The Bertz CT molecular complexity index is 278. The molecule has 1 aromatic carbocycles. The van der Waals surface area contributed by atoms with Crippen LogP contribution in [0.15, 0.2) is 24.3 Å². The summed E-state index contributed by atoms with van der Waals surface area (Å²) in [6, 6.07) is 8.65. The van der Waals surface area contributed by atoms with Gasteiger partial charge in [-0.3, -0.25) is 0 Å². The molecule has 1 atom stereocenters. The molecule has 0 aliphatic heterocycles. The molecule has 0 radical (unpaired) electrons. The van der Waals surface area contributed by atoms with Crippen molar-refractivity contribution in [2.45, 2.75) is 39.0 Å². The molecule has 0 aromatic heterocycles. The smallest absolute Gasteiger partial charge is 0.0582 e. The first kappa shape index (κ1) is 11.6. The lowest BCUT2D eigenvalue weighted by molar-refractivity contribution is 0.646. The summed E-state index contributed by atoms with van der Waals surface area (Å²) in [5.41, 5.74) is 2.66. The zero-order valence-corrected chi connectivity index (χ0v) is 10.0. The van der Waals surface area contributed by atoms with Gasteiger partial charge in [-0.25, -0.2) is 0 Å². The standard InChI is InChI=1S/C13H19Cl/c1-4-13(14)12-7-5-6-11(9-12)8-10(2)3/h5-7,9-10,13H,4,8H2,1-3H3. The lowest BCUT2D eigenvalue weighted by Crippen LogP contribution is -1.96. The van der Waals surface area contributed by atoms with Crippen molar-refractivity contribution in [1.82, 2.24) is 0 Å². The SMILES string of the molecule is CCC(Cl)c1cccc(CC(C)C)c1. The highest BCUT2D eigenvalue weighted by Crippen LogP contribution is 2.24. The highest BCUT2D eigenvalue weighted by molar-refractivity contribution is 6.20. The summed E-state index contributed by atoms with van der Waals surface area (Å²) in [6.07, 6.45) is 2.13. The van der Waals surface area contributed by atoms with Gasteiger partial charge >= 0.3 is 0 Å². The number of benzene rings is 1. The molecule has 0 aliphatic rings. The van der Waals surface area contributed by atoms with Gasteiger partial charge in [0.25, 0.3) is 0 Å². The zero-order valence-electron chi connectivity index (χ0n) is 9.26. The molecule has 1 unspecified atom stereocenters. The van der Waals surface area contributed by atoms with E-state index >= 15 is 0 Å². The summed E-state index contributed by atoms with van der Waals surface area (Å²) < 4.78 is 0. The van der Waals surface area contributed by atoms with E-state index in [4.69, 9.17) is 11.6 Å². The van der Waals surface area contributed by atoms with E-state index in [1.165, 1.54) is 11.1 Å². The Balaban J connectivity index is 2.78. The zero-order chi connectivity index (χ0) is 10.6. The van der Waals surface area contributed by atoms with Gasteiger partial charge in [0, 0.05) is 0 Å². The molecule has 1 rings (SSSR count). The average molecular weight is 211 g/mol. The molecule has 0 saturated heterocycles. The Kier molecular flexibility index (Phi) is 4.47. The number of hydrogen-bond acceptors (Lipinski definition) is 0. The summed E-state index contributed by atoms with van der Waals surface area (Å²) in [6.45, 7) is 6.60. The maximum absolute atomic E-state index is 6.20. The van der Waals surface area contributed by atoms with Gasteiger partial charge in [-0.15, -0.1) is 11.6 Å². The molecule has 0 N–H and O–H groups in total. The maximum Gasteiger partial charge on any atom is 0.0582 e. The summed E-state index contributed by atoms with van der Waals surface area (Å²) >= 11 is 6.20. The van der Waals surface area contributed by atoms with Crippen molar-refractivity contribution in [3.63, 3.8) is 0 Å². The first-order valence-corrected chi connectivity index (χ1v) is 5.80. The van der Waals surface area contributed by atoms with Gasteiger partial charge in [0.15, 0.2) is 0 Å². The summed E-state index contributed by atoms with van der Waals surface area (Å²) in [7, 11) is 0.